The Hall–Kier alpha value is -0.810. The van der Waals surface area contributed by atoms with Gasteiger partial charge in [-0.25, -0.2) is 4.79 Å². The van der Waals surface area contributed by atoms with E-state index in [1.54, 1.807) is 12.0 Å². The molecule has 0 unspecified atom stereocenters. The molecule has 5 nitrogen and oxygen atoms in total. The van der Waals surface area contributed by atoms with Gasteiger partial charge in [0.1, 0.15) is 0 Å². The van der Waals surface area contributed by atoms with Gasteiger partial charge in [0, 0.05) is 32.0 Å². The third-order valence-electron chi connectivity index (χ3n) is 2.35. The number of methoxy groups -OCH3 is 1. The van der Waals surface area contributed by atoms with Gasteiger partial charge in [0.05, 0.1) is 6.61 Å². The lowest BCUT2D eigenvalue weighted by Crippen LogP contribution is -2.45. The van der Waals surface area contributed by atoms with Crippen LogP contribution in [0.4, 0.5) is 4.79 Å². The number of ether oxygens (including phenoxy) is 1. The quantitative estimate of drug-likeness (QED) is 0.713. The lowest BCUT2D eigenvalue weighted by molar-refractivity contribution is -0.119. The third kappa shape index (κ3) is 4.37. The van der Waals surface area contributed by atoms with Crippen LogP contribution in [-0.4, -0.2) is 49.0 Å². The topological polar surface area (TPSA) is 58.6 Å². The van der Waals surface area contributed by atoms with Gasteiger partial charge >= 0.3 is 6.03 Å². The molecule has 0 aromatic rings. The molecule has 0 heterocycles. The second kappa shape index (κ2) is 6.70. The van der Waals surface area contributed by atoms with Gasteiger partial charge < -0.3 is 9.64 Å². The maximum Gasteiger partial charge on any atom is 0.324 e. The number of hydrogen-bond acceptors (Lipinski definition) is 3. The molecule has 1 saturated carbocycles. The van der Waals surface area contributed by atoms with Crippen molar-refractivity contribution in [3.63, 3.8) is 0 Å². The minimum Gasteiger partial charge on any atom is -0.383 e. The van der Waals surface area contributed by atoms with Crippen molar-refractivity contribution in [1.29, 1.82) is 0 Å². The third-order valence-corrected chi connectivity index (χ3v) is 2.54. The Labute approximate surface area is 100 Å². The largest absolute Gasteiger partial charge is 0.383 e. The molecule has 92 valence electrons. The number of rotatable bonds is 6. The second-order valence-electron chi connectivity index (χ2n) is 3.71. The second-order valence-corrected chi connectivity index (χ2v) is 4.09. The Morgan fingerprint density at radius 1 is 1.50 bits per heavy atom. The fourth-order valence-corrected chi connectivity index (χ4v) is 1.54. The summed E-state index contributed by atoms with van der Waals surface area (Å²) in [5.41, 5.74) is 0. The van der Waals surface area contributed by atoms with Crippen LogP contribution in [0.5, 0.6) is 0 Å². The molecule has 0 saturated heterocycles. The van der Waals surface area contributed by atoms with Crippen LogP contribution in [0.3, 0.4) is 0 Å². The first-order chi connectivity index (χ1) is 7.69. The molecule has 1 rings (SSSR count). The van der Waals surface area contributed by atoms with E-state index in [-0.39, 0.29) is 30.3 Å². The molecule has 0 bridgehead atoms. The Morgan fingerprint density at radius 2 is 2.19 bits per heavy atom. The summed E-state index contributed by atoms with van der Waals surface area (Å²) in [4.78, 5) is 24.6. The zero-order valence-electron chi connectivity index (χ0n) is 9.37. The highest BCUT2D eigenvalue weighted by Crippen LogP contribution is 2.26. The number of carbonyl (C=O) groups is 2. The predicted molar refractivity (Wildman–Crippen MR) is 60.5 cm³/mol. The summed E-state index contributed by atoms with van der Waals surface area (Å²) in [6.07, 6.45) is 2.16. The van der Waals surface area contributed by atoms with Gasteiger partial charge in [-0.05, 0) is 12.8 Å². The number of hydrogen-bond donors (Lipinski definition) is 1. The Morgan fingerprint density at radius 3 is 2.69 bits per heavy atom. The van der Waals surface area contributed by atoms with E-state index >= 15 is 0 Å². The van der Waals surface area contributed by atoms with E-state index in [1.165, 1.54) is 0 Å². The fraction of sp³-hybridized carbons (Fsp3) is 0.800. The van der Waals surface area contributed by atoms with E-state index in [0.717, 1.165) is 12.8 Å². The molecule has 1 aliphatic rings. The molecular formula is C10H17ClN2O3. The van der Waals surface area contributed by atoms with Crippen LogP contribution in [-0.2, 0) is 9.53 Å². The summed E-state index contributed by atoms with van der Waals surface area (Å²) < 4.78 is 4.93. The molecule has 0 atom stereocenters. The highest BCUT2D eigenvalue weighted by Gasteiger charge is 2.32. The monoisotopic (exact) mass is 248 g/mol. The molecule has 0 spiro atoms. The van der Waals surface area contributed by atoms with E-state index < -0.39 is 0 Å². The SMILES string of the molecule is COCCN(C(=O)NC(=O)CCCl)C1CC1. The standard InChI is InChI=1S/C10H17ClN2O3/c1-16-7-6-13(8-2-3-8)10(15)12-9(14)4-5-11/h8H,2-7H2,1H3,(H,12,14,15). The average Bonchev–Trinajstić information content (AvgIpc) is 3.02. The van der Waals surface area contributed by atoms with Gasteiger partial charge in [-0.2, -0.15) is 0 Å². The molecule has 3 amide bonds. The highest BCUT2D eigenvalue weighted by atomic mass is 35.5. The fourth-order valence-electron chi connectivity index (χ4n) is 1.37. The van der Waals surface area contributed by atoms with Crippen LogP contribution >= 0.6 is 11.6 Å². The first kappa shape index (κ1) is 13.3. The van der Waals surface area contributed by atoms with Crippen LogP contribution in [0, 0.1) is 0 Å². The zero-order chi connectivity index (χ0) is 12.0. The number of carbonyl (C=O) groups excluding carboxylic acids is 2. The molecule has 0 aliphatic heterocycles. The van der Waals surface area contributed by atoms with Gasteiger partial charge in [0.2, 0.25) is 5.91 Å². The molecule has 0 radical (unpaired) electrons. The van der Waals surface area contributed by atoms with Gasteiger partial charge in [-0.3, -0.25) is 10.1 Å². The van der Waals surface area contributed by atoms with Crippen molar-refractivity contribution in [2.24, 2.45) is 0 Å². The van der Waals surface area contributed by atoms with Crippen LogP contribution in [0.25, 0.3) is 0 Å². The molecule has 1 aliphatic carbocycles. The lowest BCUT2D eigenvalue weighted by atomic mass is 10.4. The predicted octanol–water partition coefficient (Wildman–Crippen LogP) is 0.962. The molecule has 16 heavy (non-hydrogen) atoms. The van der Waals surface area contributed by atoms with E-state index in [2.05, 4.69) is 5.32 Å². The van der Waals surface area contributed by atoms with Crippen molar-refractivity contribution in [2.45, 2.75) is 25.3 Å². The van der Waals surface area contributed by atoms with Crippen LogP contribution in [0.1, 0.15) is 19.3 Å². The molecule has 1 fully saturated rings. The van der Waals surface area contributed by atoms with Gasteiger partial charge in [0.15, 0.2) is 0 Å². The summed E-state index contributed by atoms with van der Waals surface area (Å²) in [5.74, 6) is -0.108. The first-order valence-electron chi connectivity index (χ1n) is 5.34. The number of imide groups is 1. The number of urea groups is 1. The average molecular weight is 249 g/mol. The van der Waals surface area contributed by atoms with Gasteiger partial charge in [0.25, 0.3) is 0 Å². The maximum atomic E-state index is 11.7. The Bertz CT molecular complexity index is 256. The van der Waals surface area contributed by atoms with Gasteiger partial charge in [-0.1, -0.05) is 0 Å². The van der Waals surface area contributed by atoms with Crippen molar-refractivity contribution < 1.29 is 14.3 Å². The number of alkyl halides is 1. The van der Waals surface area contributed by atoms with Crippen molar-refractivity contribution in [3.8, 4) is 0 Å². The van der Waals surface area contributed by atoms with E-state index in [4.69, 9.17) is 16.3 Å². The summed E-state index contributed by atoms with van der Waals surface area (Å²) >= 11 is 5.41. The highest BCUT2D eigenvalue weighted by molar-refractivity contribution is 6.19. The maximum absolute atomic E-state index is 11.7. The smallest absolute Gasteiger partial charge is 0.324 e. The van der Waals surface area contributed by atoms with Crippen LogP contribution in [0.15, 0.2) is 0 Å². The Kier molecular flexibility index (Phi) is 5.55. The number of halogens is 1. The van der Waals surface area contributed by atoms with Crippen LogP contribution in [0.2, 0.25) is 0 Å². The summed E-state index contributed by atoms with van der Waals surface area (Å²) in [6.45, 7) is 0.995. The molecule has 1 N–H and O–H groups in total. The van der Waals surface area contributed by atoms with Crippen molar-refractivity contribution in [1.82, 2.24) is 10.2 Å². The van der Waals surface area contributed by atoms with Crippen LogP contribution < -0.4 is 5.32 Å². The first-order valence-corrected chi connectivity index (χ1v) is 5.88. The number of nitrogens with zero attached hydrogens (tertiary/aromatic N) is 1. The van der Waals surface area contributed by atoms with E-state index in [1.807, 2.05) is 0 Å². The minimum absolute atomic E-state index is 0.163. The van der Waals surface area contributed by atoms with Crippen molar-refractivity contribution in [3.05, 3.63) is 0 Å². The Balaban J connectivity index is 2.37. The summed E-state index contributed by atoms with van der Waals surface area (Å²) in [6, 6.07) is -0.0754. The molecule has 6 heteroatoms. The summed E-state index contributed by atoms with van der Waals surface area (Å²) in [5, 5.41) is 2.32. The molecule has 0 aromatic heterocycles. The van der Waals surface area contributed by atoms with Crippen molar-refractivity contribution >= 4 is 23.5 Å². The summed E-state index contributed by atoms with van der Waals surface area (Å²) in [7, 11) is 1.58. The minimum atomic E-state index is -0.338. The zero-order valence-corrected chi connectivity index (χ0v) is 10.1. The van der Waals surface area contributed by atoms with Crippen molar-refractivity contribution in [2.75, 3.05) is 26.1 Å². The molecular weight excluding hydrogens is 232 g/mol. The lowest BCUT2D eigenvalue weighted by Gasteiger charge is -2.21. The normalized spacial score (nSPS) is 14.6. The van der Waals surface area contributed by atoms with E-state index in [0.29, 0.717) is 13.2 Å². The number of nitrogens with one attached hydrogen (secondary N) is 1. The van der Waals surface area contributed by atoms with E-state index in [9.17, 15) is 9.59 Å². The molecule has 0 aromatic carbocycles. The number of amides is 3. The van der Waals surface area contributed by atoms with Gasteiger partial charge in [-0.15, -0.1) is 11.6 Å².